The molecule has 1 aliphatic heterocycles. The lowest BCUT2D eigenvalue weighted by molar-refractivity contribution is -0.152. The van der Waals surface area contributed by atoms with Crippen LogP contribution >= 0.6 is 12.4 Å². The molecule has 0 aliphatic carbocycles. The van der Waals surface area contributed by atoms with Crippen LogP contribution in [-0.2, 0) is 33.8 Å². The summed E-state index contributed by atoms with van der Waals surface area (Å²) in [6.45, 7) is 1.63. The summed E-state index contributed by atoms with van der Waals surface area (Å²) in [5, 5.41) is 22.4. The van der Waals surface area contributed by atoms with Crippen LogP contribution in [0.3, 0.4) is 0 Å². The van der Waals surface area contributed by atoms with Crippen molar-refractivity contribution >= 4 is 30.3 Å². The summed E-state index contributed by atoms with van der Waals surface area (Å²) in [6.07, 6.45) is 0.932. The number of carboxylic acid groups (broad SMARTS) is 2. The van der Waals surface area contributed by atoms with Crippen molar-refractivity contribution in [3.8, 4) is 11.5 Å². The largest absolute Gasteiger partial charge is 0.493 e. The zero-order valence-electron chi connectivity index (χ0n) is 19.9. The van der Waals surface area contributed by atoms with Crippen molar-refractivity contribution in [2.45, 2.75) is 50.9 Å². The Hall–Kier alpha value is -3.30. The predicted molar refractivity (Wildman–Crippen MR) is 131 cm³/mol. The molecule has 35 heavy (non-hydrogen) atoms. The number of nitrogens with zero attached hydrogens (tertiary/aromatic N) is 1. The maximum absolute atomic E-state index is 13.3. The lowest BCUT2D eigenvalue weighted by Crippen LogP contribution is -2.56. The first kappa shape index (κ1) is 27.9. The molecule has 1 heterocycles. The molecule has 0 unspecified atom stereocenters. The van der Waals surface area contributed by atoms with Crippen LogP contribution in [0.2, 0.25) is 0 Å². The first-order valence-electron chi connectivity index (χ1n) is 11.0. The van der Waals surface area contributed by atoms with E-state index in [0.29, 0.717) is 24.3 Å². The van der Waals surface area contributed by atoms with Gasteiger partial charge in [-0.1, -0.05) is 30.3 Å². The zero-order chi connectivity index (χ0) is 24.8. The van der Waals surface area contributed by atoms with Crippen molar-refractivity contribution in [3.63, 3.8) is 0 Å². The molecule has 1 amide bonds. The fourth-order valence-electron chi connectivity index (χ4n) is 4.22. The molecule has 0 saturated carbocycles. The van der Waals surface area contributed by atoms with Crippen molar-refractivity contribution in [3.05, 3.63) is 59.2 Å². The molecule has 0 saturated heterocycles. The molecule has 3 rings (SSSR count). The van der Waals surface area contributed by atoms with E-state index in [-0.39, 0.29) is 25.4 Å². The quantitative estimate of drug-likeness (QED) is 0.449. The number of hydrogen-bond acceptors (Lipinski definition) is 6. The van der Waals surface area contributed by atoms with Gasteiger partial charge in [-0.15, -0.1) is 12.4 Å². The molecule has 9 nitrogen and oxygen atoms in total. The van der Waals surface area contributed by atoms with Crippen LogP contribution in [0.1, 0.15) is 30.0 Å². The van der Waals surface area contributed by atoms with Gasteiger partial charge >= 0.3 is 11.9 Å². The molecule has 10 heteroatoms. The van der Waals surface area contributed by atoms with Crippen molar-refractivity contribution < 1.29 is 34.1 Å². The first-order chi connectivity index (χ1) is 16.2. The van der Waals surface area contributed by atoms with E-state index in [9.17, 15) is 24.6 Å². The molecule has 3 N–H and O–H groups in total. The lowest BCUT2D eigenvalue weighted by Gasteiger charge is -2.37. The number of nitrogens with one attached hydrogen (secondary N) is 1. The van der Waals surface area contributed by atoms with E-state index in [1.807, 2.05) is 30.3 Å². The number of ether oxygens (including phenoxy) is 2. The lowest BCUT2D eigenvalue weighted by atomic mass is 9.92. The molecule has 0 spiro atoms. The van der Waals surface area contributed by atoms with Gasteiger partial charge in [0, 0.05) is 13.0 Å². The maximum atomic E-state index is 13.3. The van der Waals surface area contributed by atoms with Gasteiger partial charge in [-0.2, -0.15) is 0 Å². The van der Waals surface area contributed by atoms with Crippen LogP contribution in [-0.4, -0.2) is 65.3 Å². The van der Waals surface area contributed by atoms with E-state index in [4.69, 9.17) is 9.47 Å². The van der Waals surface area contributed by atoms with Crippen molar-refractivity contribution in [1.29, 1.82) is 0 Å². The second kappa shape index (κ2) is 12.4. The third kappa shape index (κ3) is 6.64. The van der Waals surface area contributed by atoms with Crippen LogP contribution in [0.15, 0.2) is 42.5 Å². The third-order valence-corrected chi connectivity index (χ3v) is 6.09. The van der Waals surface area contributed by atoms with E-state index in [0.717, 1.165) is 16.7 Å². The summed E-state index contributed by atoms with van der Waals surface area (Å²) in [7, 11) is 3.01. The molecule has 0 bridgehead atoms. The molecule has 1 aliphatic rings. The number of fused-ring (bicyclic) bond motifs is 1. The average Bonchev–Trinajstić information content (AvgIpc) is 2.84. The Kier molecular flexibility index (Phi) is 9.91. The highest BCUT2D eigenvalue weighted by molar-refractivity contribution is 5.88. The van der Waals surface area contributed by atoms with Gasteiger partial charge in [0.25, 0.3) is 0 Å². The van der Waals surface area contributed by atoms with Gasteiger partial charge in [0.1, 0.15) is 12.1 Å². The smallest absolute Gasteiger partial charge is 0.326 e. The number of aliphatic carboxylic acids is 2. The molecular weight excluding hydrogens is 476 g/mol. The Morgan fingerprint density at radius 1 is 1.06 bits per heavy atom. The number of amides is 1. The number of rotatable bonds is 10. The van der Waals surface area contributed by atoms with Crippen molar-refractivity contribution in [1.82, 2.24) is 10.2 Å². The minimum absolute atomic E-state index is 0. The third-order valence-electron chi connectivity index (χ3n) is 6.09. The van der Waals surface area contributed by atoms with Gasteiger partial charge in [-0.3, -0.25) is 14.9 Å². The fraction of sp³-hybridized carbons (Fsp3) is 0.400. The number of methoxy groups -OCH3 is 2. The Labute approximate surface area is 210 Å². The van der Waals surface area contributed by atoms with Crippen molar-refractivity contribution in [2.24, 2.45) is 0 Å². The van der Waals surface area contributed by atoms with Crippen LogP contribution in [0.25, 0.3) is 0 Å². The molecular formula is C25H31ClN2O7. The number of carbonyl (C=O) groups is 3. The summed E-state index contributed by atoms with van der Waals surface area (Å²) in [5.74, 6) is -1.69. The number of hydrogen-bond donors (Lipinski definition) is 3. The fourth-order valence-corrected chi connectivity index (χ4v) is 4.22. The Morgan fingerprint density at radius 3 is 2.20 bits per heavy atom. The summed E-state index contributed by atoms with van der Waals surface area (Å²) >= 11 is 0. The second-order valence-corrected chi connectivity index (χ2v) is 8.30. The predicted octanol–water partition coefficient (Wildman–Crippen LogP) is 2.53. The summed E-state index contributed by atoms with van der Waals surface area (Å²) < 4.78 is 10.7. The van der Waals surface area contributed by atoms with Gasteiger partial charge in [0.2, 0.25) is 5.91 Å². The van der Waals surface area contributed by atoms with Gasteiger partial charge in [0.05, 0.1) is 20.3 Å². The molecule has 3 atom stereocenters. The van der Waals surface area contributed by atoms with E-state index >= 15 is 0 Å². The van der Waals surface area contributed by atoms with Crippen LogP contribution < -0.4 is 14.8 Å². The monoisotopic (exact) mass is 506 g/mol. The Morgan fingerprint density at radius 2 is 1.66 bits per heavy atom. The number of carbonyl (C=O) groups excluding carboxylic acids is 1. The Balaban J connectivity index is 0.00000432. The Bertz CT molecular complexity index is 1050. The maximum Gasteiger partial charge on any atom is 0.326 e. The van der Waals surface area contributed by atoms with E-state index in [1.165, 1.54) is 19.1 Å². The average molecular weight is 507 g/mol. The summed E-state index contributed by atoms with van der Waals surface area (Å²) in [5.41, 5.74) is 2.52. The van der Waals surface area contributed by atoms with Crippen LogP contribution in [0, 0.1) is 0 Å². The number of halogens is 1. The topological polar surface area (TPSA) is 125 Å². The second-order valence-electron chi connectivity index (χ2n) is 8.30. The molecule has 0 fully saturated rings. The zero-order valence-corrected chi connectivity index (χ0v) is 20.7. The number of benzene rings is 2. The van der Waals surface area contributed by atoms with Crippen molar-refractivity contribution in [2.75, 3.05) is 14.2 Å². The molecule has 190 valence electrons. The number of aryl methyl sites for hydroxylation is 1. The van der Waals surface area contributed by atoms with Crippen LogP contribution in [0.5, 0.6) is 11.5 Å². The van der Waals surface area contributed by atoms with E-state index in [1.54, 1.807) is 19.1 Å². The summed E-state index contributed by atoms with van der Waals surface area (Å²) in [6, 6.07) is 10.0. The molecule has 0 aromatic heterocycles. The van der Waals surface area contributed by atoms with Gasteiger partial charge < -0.3 is 24.6 Å². The summed E-state index contributed by atoms with van der Waals surface area (Å²) in [4.78, 5) is 38.4. The minimum atomic E-state index is -1.13. The molecule has 2 aromatic rings. The molecule has 2 aromatic carbocycles. The highest BCUT2D eigenvalue weighted by Gasteiger charge is 2.38. The highest BCUT2D eigenvalue weighted by atomic mass is 35.5. The first-order valence-corrected chi connectivity index (χ1v) is 11.0. The van der Waals surface area contributed by atoms with E-state index in [2.05, 4.69) is 5.32 Å². The van der Waals surface area contributed by atoms with Gasteiger partial charge in [0.15, 0.2) is 11.5 Å². The highest BCUT2D eigenvalue weighted by Crippen LogP contribution is 2.35. The normalized spacial score (nSPS) is 16.3. The van der Waals surface area contributed by atoms with Crippen LogP contribution in [0.4, 0.5) is 0 Å². The van der Waals surface area contributed by atoms with Gasteiger partial charge in [-0.05, 0) is 48.6 Å². The van der Waals surface area contributed by atoms with Gasteiger partial charge in [-0.25, -0.2) is 4.79 Å². The molecule has 0 radical (unpaired) electrons. The minimum Gasteiger partial charge on any atom is -0.493 e. The SMILES string of the molecule is COc1cc2c(cc1OC)CN(C(=O)[C@H](C)N[C@@H](CCc1ccccc1)C(=O)O)[C@H](C(=O)O)C2.Cl. The van der Waals surface area contributed by atoms with E-state index < -0.39 is 36.0 Å². The number of carboxylic acids is 2. The standard InChI is InChI=1S/C25H30N2O7.ClH/c1-15(26-19(24(29)30)10-9-16-7-5-4-6-8-16)23(28)27-14-18-13-22(34-3)21(33-2)12-17(18)11-20(27)25(31)32;/h4-8,12-13,15,19-20,26H,9-11,14H2,1-3H3,(H,29,30)(H,31,32);1H/t15-,19-,20-;/m0./s1.